The summed E-state index contributed by atoms with van der Waals surface area (Å²) in [6.45, 7) is 3.78. The van der Waals surface area contributed by atoms with Crippen LogP contribution < -0.4 is 16.2 Å². The van der Waals surface area contributed by atoms with E-state index in [2.05, 4.69) is 34.7 Å². The van der Waals surface area contributed by atoms with Crippen molar-refractivity contribution in [2.24, 2.45) is 7.05 Å². The highest BCUT2D eigenvalue weighted by Crippen LogP contribution is 2.32. The molecule has 35 heavy (non-hydrogen) atoms. The van der Waals surface area contributed by atoms with Gasteiger partial charge in [-0.25, -0.2) is 19.0 Å². The Morgan fingerprint density at radius 1 is 1.06 bits per heavy atom. The second-order valence-corrected chi connectivity index (χ2v) is 8.93. The minimum Gasteiger partial charge on any atom is -0.348 e. The van der Waals surface area contributed by atoms with E-state index in [1.807, 2.05) is 40.7 Å². The van der Waals surface area contributed by atoms with Crippen LogP contribution in [0.2, 0.25) is 0 Å². The minimum absolute atomic E-state index is 0.00572. The first kappa shape index (κ1) is 23.0. The number of rotatable bonds is 6. The van der Waals surface area contributed by atoms with E-state index in [0.29, 0.717) is 28.5 Å². The summed E-state index contributed by atoms with van der Waals surface area (Å²) in [5.74, 6) is 0.138. The number of halogens is 1. The van der Waals surface area contributed by atoms with Gasteiger partial charge in [0.05, 0.1) is 29.0 Å². The van der Waals surface area contributed by atoms with Crippen LogP contribution in [-0.4, -0.2) is 32.4 Å². The van der Waals surface area contributed by atoms with Crippen LogP contribution in [0.25, 0.3) is 22.5 Å². The Balaban J connectivity index is 1.60. The highest BCUT2D eigenvalue weighted by molar-refractivity contribution is 5.79. The molecule has 0 saturated carbocycles. The van der Waals surface area contributed by atoms with Gasteiger partial charge in [-0.3, -0.25) is 9.48 Å². The van der Waals surface area contributed by atoms with Gasteiger partial charge in [-0.1, -0.05) is 42.5 Å². The van der Waals surface area contributed by atoms with Crippen LogP contribution in [0.15, 0.2) is 71.7 Å². The van der Waals surface area contributed by atoms with Gasteiger partial charge < -0.3 is 10.6 Å². The number of nitrogens with zero attached hydrogens (tertiary/aromatic N) is 4. The summed E-state index contributed by atoms with van der Waals surface area (Å²) >= 11 is 0. The van der Waals surface area contributed by atoms with Crippen LogP contribution in [-0.2, 0) is 7.05 Å². The summed E-state index contributed by atoms with van der Waals surface area (Å²) < 4.78 is 17.4. The summed E-state index contributed by atoms with van der Waals surface area (Å²) in [4.78, 5) is 23.0. The Kier molecular flexibility index (Phi) is 6.46. The van der Waals surface area contributed by atoms with Crippen molar-refractivity contribution >= 4 is 5.95 Å². The van der Waals surface area contributed by atoms with E-state index in [4.69, 9.17) is 4.98 Å². The molecule has 5 rings (SSSR count). The fourth-order valence-corrected chi connectivity index (χ4v) is 4.83. The van der Waals surface area contributed by atoms with Gasteiger partial charge in [0.1, 0.15) is 5.82 Å². The molecule has 1 fully saturated rings. The van der Waals surface area contributed by atoms with Gasteiger partial charge in [0.2, 0.25) is 5.95 Å². The molecule has 3 heterocycles. The van der Waals surface area contributed by atoms with E-state index >= 15 is 0 Å². The number of piperidine rings is 1. The molecule has 0 radical (unpaired) electrons. The largest absolute Gasteiger partial charge is 0.348 e. The predicted molar refractivity (Wildman–Crippen MR) is 136 cm³/mol. The third kappa shape index (κ3) is 4.61. The zero-order valence-electron chi connectivity index (χ0n) is 19.9. The van der Waals surface area contributed by atoms with Crippen molar-refractivity contribution in [3.8, 4) is 22.5 Å². The molecular formula is C27H29FN6O. The maximum absolute atomic E-state index is 13.8. The molecule has 0 spiro atoms. The molecule has 0 bridgehead atoms. The fraction of sp³-hybridized carbons (Fsp3) is 0.296. The van der Waals surface area contributed by atoms with E-state index in [9.17, 15) is 9.18 Å². The standard InChI is InChI=1S/C27H29FN6O/c1-18(19-6-4-3-5-7-19)31-27-30-17-14-23(32-27)25-24(20-8-10-21(28)11-9-20)26(35)34(33(25)2)22-12-15-29-16-13-22/h3-11,14,17-18,22,29H,12-13,15-16H2,1-2H3,(H,30,31,32)/t18-/m0/s1. The summed E-state index contributed by atoms with van der Waals surface area (Å²) in [5, 5.41) is 6.72. The van der Waals surface area contributed by atoms with Crippen LogP contribution in [0.4, 0.5) is 10.3 Å². The Labute approximate surface area is 203 Å². The van der Waals surface area contributed by atoms with Crippen molar-refractivity contribution in [3.05, 3.63) is 88.6 Å². The quantitative estimate of drug-likeness (QED) is 0.431. The van der Waals surface area contributed by atoms with Crippen LogP contribution in [0.5, 0.6) is 0 Å². The second kappa shape index (κ2) is 9.84. The fourth-order valence-electron chi connectivity index (χ4n) is 4.83. The summed E-state index contributed by atoms with van der Waals surface area (Å²) in [5.41, 5.74) is 3.55. The number of aromatic nitrogens is 4. The lowest BCUT2D eigenvalue weighted by atomic mass is 10.0. The first-order valence-corrected chi connectivity index (χ1v) is 12.0. The first-order chi connectivity index (χ1) is 17.0. The molecule has 2 aromatic carbocycles. The van der Waals surface area contributed by atoms with Gasteiger partial charge in [-0.2, -0.15) is 0 Å². The molecule has 2 aromatic heterocycles. The summed E-state index contributed by atoms with van der Waals surface area (Å²) in [7, 11) is 1.90. The first-order valence-electron chi connectivity index (χ1n) is 12.0. The zero-order valence-corrected chi connectivity index (χ0v) is 19.9. The van der Waals surface area contributed by atoms with Crippen molar-refractivity contribution < 1.29 is 4.39 Å². The molecule has 180 valence electrons. The molecule has 2 N–H and O–H groups in total. The van der Waals surface area contributed by atoms with E-state index in [1.165, 1.54) is 12.1 Å². The molecule has 8 heteroatoms. The molecule has 7 nitrogen and oxygen atoms in total. The van der Waals surface area contributed by atoms with Gasteiger partial charge >= 0.3 is 0 Å². The lowest BCUT2D eigenvalue weighted by Gasteiger charge is -2.25. The predicted octanol–water partition coefficient (Wildman–Crippen LogP) is 4.55. The van der Waals surface area contributed by atoms with Crippen molar-refractivity contribution in [3.63, 3.8) is 0 Å². The molecule has 4 aromatic rings. The van der Waals surface area contributed by atoms with Gasteiger partial charge in [0.15, 0.2) is 0 Å². The summed E-state index contributed by atoms with van der Waals surface area (Å²) in [6.07, 6.45) is 3.43. The topological polar surface area (TPSA) is 76.8 Å². The third-order valence-electron chi connectivity index (χ3n) is 6.64. The van der Waals surface area contributed by atoms with Crippen LogP contribution >= 0.6 is 0 Å². The molecule has 0 amide bonds. The number of hydrogen-bond acceptors (Lipinski definition) is 5. The van der Waals surface area contributed by atoms with E-state index in [1.54, 1.807) is 18.3 Å². The van der Waals surface area contributed by atoms with Crippen LogP contribution in [0.3, 0.4) is 0 Å². The third-order valence-corrected chi connectivity index (χ3v) is 6.64. The van der Waals surface area contributed by atoms with Crippen molar-refractivity contribution in [1.82, 2.24) is 24.6 Å². The molecule has 1 atom stereocenters. The average molecular weight is 473 g/mol. The molecule has 0 unspecified atom stereocenters. The normalized spacial score (nSPS) is 15.2. The number of hydrogen-bond donors (Lipinski definition) is 2. The Morgan fingerprint density at radius 3 is 2.49 bits per heavy atom. The Hall–Kier alpha value is -3.78. The van der Waals surface area contributed by atoms with E-state index < -0.39 is 0 Å². The molecule has 1 saturated heterocycles. The maximum Gasteiger partial charge on any atom is 0.275 e. The number of benzene rings is 2. The Bertz CT molecular complexity index is 1360. The lowest BCUT2D eigenvalue weighted by molar-refractivity contribution is 0.307. The number of nitrogens with one attached hydrogen (secondary N) is 2. The van der Waals surface area contributed by atoms with Gasteiger partial charge in [0.25, 0.3) is 5.56 Å². The lowest BCUT2D eigenvalue weighted by Crippen LogP contribution is -2.35. The highest BCUT2D eigenvalue weighted by Gasteiger charge is 2.27. The smallest absolute Gasteiger partial charge is 0.275 e. The van der Waals surface area contributed by atoms with E-state index in [-0.39, 0.29) is 23.5 Å². The average Bonchev–Trinajstić information content (AvgIpc) is 3.15. The molecule has 1 aliphatic heterocycles. The zero-order chi connectivity index (χ0) is 24.4. The van der Waals surface area contributed by atoms with Gasteiger partial charge in [-0.15, -0.1) is 0 Å². The number of anilines is 1. The minimum atomic E-state index is -0.340. The molecular weight excluding hydrogens is 443 g/mol. The van der Waals surface area contributed by atoms with Crippen molar-refractivity contribution in [2.45, 2.75) is 31.8 Å². The van der Waals surface area contributed by atoms with Gasteiger partial charge in [0, 0.05) is 13.2 Å². The highest BCUT2D eigenvalue weighted by atomic mass is 19.1. The SMILES string of the molecule is C[C@H](Nc1nccc(-c2c(-c3ccc(F)cc3)c(=O)n(C3CCNCC3)n2C)n1)c1ccccc1. The molecule has 1 aliphatic rings. The second-order valence-electron chi connectivity index (χ2n) is 8.93. The monoisotopic (exact) mass is 472 g/mol. The van der Waals surface area contributed by atoms with E-state index in [0.717, 1.165) is 31.5 Å². The van der Waals surface area contributed by atoms with Crippen LogP contribution in [0, 0.1) is 5.82 Å². The molecule has 0 aliphatic carbocycles. The Morgan fingerprint density at radius 2 is 1.77 bits per heavy atom. The van der Waals surface area contributed by atoms with Crippen LogP contribution in [0.1, 0.15) is 37.4 Å². The maximum atomic E-state index is 13.8. The van der Waals surface area contributed by atoms with Crippen molar-refractivity contribution in [2.75, 3.05) is 18.4 Å². The van der Waals surface area contributed by atoms with Crippen molar-refractivity contribution in [1.29, 1.82) is 0 Å². The summed E-state index contributed by atoms with van der Waals surface area (Å²) in [6, 6.07) is 18.1. The van der Waals surface area contributed by atoms with Gasteiger partial charge in [-0.05, 0) is 62.2 Å².